The molecule has 2 aromatic rings. The van der Waals surface area contributed by atoms with Crippen LogP contribution >= 0.6 is 0 Å². The largest absolute Gasteiger partial charge is 0.481 e. The monoisotopic (exact) mass is 399 g/mol. The second-order valence-electron chi connectivity index (χ2n) is 7.83. The first-order chi connectivity index (χ1) is 13.9. The standard InChI is InChI=1S/C22H29N3O4/c1-3-4-10-18(21(27)23-17-11-6-8-15(17)22(28)29)24-20(26)16-9-5-7-14-12-13-25(2)19(14)16/h5,7,9,12-13,15,17-18H,3-4,6,8,10-11H2,1-2H3,(H,23,27)(H,24,26)(H,28,29)/t15-,17+,18+/m1/s1. The van der Waals surface area contributed by atoms with E-state index in [4.69, 9.17) is 0 Å². The van der Waals surface area contributed by atoms with Gasteiger partial charge in [-0.3, -0.25) is 14.4 Å². The number of carboxylic acids is 1. The predicted molar refractivity (Wildman–Crippen MR) is 111 cm³/mol. The van der Waals surface area contributed by atoms with Crippen molar-refractivity contribution in [3.63, 3.8) is 0 Å². The number of hydrogen-bond acceptors (Lipinski definition) is 3. The number of carbonyl (C=O) groups excluding carboxylic acids is 2. The zero-order valence-electron chi connectivity index (χ0n) is 17.0. The number of amides is 2. The molecule has 3 atom stereocenters. The van der Waals surface area contributed by atoms with Crippen molar-refractivity contribution in [2.75, 3.05) is 0 Å². The average Bonchev–Trinajstić information content (AvgIpc) is 3.31. The van der Waals surface area contributed by atoms with Crippen LogP contribution < -0.4 is 10.6 Å². The fourth-order valence-electron chi connectivity index (χ4n) is 4.16. The fraction of sp³-hybridized carbons (Fsp3) is 0.500. The van der Waals surface area contributed by atoms with Gasteiger partial charge in [0.05, 0.1) is 17.0 Å². The van der Waals surface area contributed by atoms with Crippen molar-refractivity contribution in [2.24, 2.45) is 13.0 Å². The van der Waals surface area contributed by atoms with Crippen molar-refractivity contribution in [1.82, 2.24) is 15.2 Å². The summed E-state index contributed by atoms with van der Waals surface area (Å²) in [6, 6.07) is 6.41. The molecular formula is C22H29N3O4. The lowest BCUT2D eigenvalue weighted by molar-refractivity contribution is -0.142. The lowest BCUT2D eigenvalue weighted by Crippen LogP contribution is -2.51. The van der Waals surface area contributed by atoms with Gasteiger partial charge in [0.2, 0.25) is 5.91 Å². The molecule has 156 valence electrons. The minimum atomic E-state index is -0.877. The molecule has 1 aromatic carbocycles. The maximum atomic E-state index is 13.0. The third-order valence-electron chi connectivity index (χ3n) is 5.77. The first-order valence-corrected chi connectivity index (χ1v) is 10.3. The molecule has 0 bridgehead atoms. The molecule has 0 radical (unpaired) electrons. The van der Waals surface area contributed by atoms with Gasteiger partial charge in [0.25, 0.3) is 5.91 Å². The number of nitrogens with zero attached hydrogens (tertiary/aromatic N) is 1. The molecule has 29 heavy (non-hydrogen) atoms. The molecule has 0 saturated heterocycles. The average molecular weight is 399 g/mol. The minimum absolute atomic E-state index is 0.296. The van der Waals surface area contributed by atoms with E-state index >= 15 is 0 Å². The van der Waals surface area contributed by atoms with Gasteiger partial charge in [0.1, 0.15) is 6.04 Å². The number of hydrogen-bond donors (Lipinski definition) is 3. The van der Waals surface area contributed by atoms with E-state index in [1.165, 1.54) is 0 Å². The molecule has 7 nitrogen and oxygen atoms in total. The van der Waals surface area contributed by atoms with E-state index in [1.807, 2.05) is 42.9 Å². The van der Waals surface area contributed by atoms with Crippen LogP contribution in [0.5, 0.6) is 0 Å². The topological polar surface area (TPSA) is 100 Å². The number of fused-ring (bicyclic) bond motifs is 1. The summed E-state index contributed by atoms with van der Waals surface area (Å²) >= 11 is 0. The molecule has 1 aliphatic rings. The minimum Gasteiger partial charge on any atom is -0.481 e. The molecule has 1 fully saturated rings. The number of unbranched alkanes of at least 4 members (excludes halogenated alkanes) is 1. The van der Waals surface area contributed by atoms with Crippen LogP contribution in [0.25, 0.3) is 10.9 Å². The van der Waals surface area contributed by atoms with Gasteiger partial charge >= 0.3 is 5.97 Å². The molecule has 1 aromatic heterocycles. The second-order valence-corrected chi connectivity index (χ2v) is 7.83. The van der Waals surface area contributed by atoms with Crippen molar-refractivity contribution in [2.45, 2.75) is 57.5 Å². The Balaban J connectivity index is 1.76. The number of para-hydroxylation sites is 1. The summed E-state index contributed by atoms with van der Waals surface area (Å²) in [7, 11) is 1.88. The Morgan fingerprint density at radius 3 is 2.76 bits per heavy atom. The number of aliphatic carboxylic acids is 1. The van der Waals surface area contributed by atoms with Crippen molar-refractivity contribution in [3.8, 4) is 0 Å². The number of nitrogens with one attached hydrogen (secondary N) is 2. The Kier molecular flexibility index (Phi) is 6.56. The number of carboxylic acid groups (broad SMARTS) is 1. The van der Waals surface area contributed by atoms with Crippen LogP contribution in [0.1, 0.15) is 55.8 Å². The van der Waals surface area contributed by atoms with Crippen LogP contribution in [-0.2, 0) is 16.6 Å². The van der Waals surface area contributed by atoms with E-state index in [0.717, 1.165) is 30.2 Å². The van der Waals surface area contributed by atoms with E-state index in [-0.39, 0.29) is 17.9 Å². The summed E-state index contributed by atoms with van der Waals surface area (Å²) in [6.45, 7) is 2.03. The highest BCUT2D eigenvalue weighted by molar-refractivity contribution is 6.07. The first-order valence-electron chi connectivity index (χ1n) is 10.3. The van der Waals surface area contributed by atoms with E-state index in [0.29, 0.717) is 24.8 Å². The van der Waals surface area contributed by atoms with Gasteiger partial charge in [-0.05, 0) is 31.4 Å². The molecule has 0 aliphatic heterocycles. The smallest absolute Gasteiger partial charge is 0.308 e. The Morgan fingerprint density at radius 1 is 1.24 bits per heavy atom. The van der Waals surface area contributed by atoms with Crippen LogP contribution in [0.3, 0.4) is 0 Å². The molecule has 1 aliphatic carbocycles. The quantitative estimate of drug-likeness (QED) is 0.635. The van der Waals surface area contributed by atoms with E-state index in [1.54, 1.807) is 6.07 Å². The summed E-state index contributed by atoms with van der Waals surface area (Å²) in [5.74, 6) is -2.03. The molecule has 2 amide bonds. The number of aromatic nitrogens is 1. The van der Waals surface area contributed by atoms with Gasteiger partial charge in [0, 0.05) is 24.7 Å². The zero-order chi connectivity index (χ0) is 21.0. The maximum absolute atomic E-state index is 13.0. The summed E-state index contributed by atoms with van der Waals surface area (Å²) < 4.78 is 1.89. The molecule has 3 N–H and O–H groups in total. The lowest BCUT2D eigenvalue weighted by atomic mass is 10.0. The Labute approximate surface area is 170 Å². The molecule has 3 rings (SSSR count). The highest BCUT2D eigenvalue weighted by Gasteiger charge is 2.35. The van der Waals surface area contributed by atoms with Crippen LogP contribution in [0.2, 0.25) is 0 Å². The third-order valence-corrected chi connectivity index (χ3v) is 5.77. The van der Waals surface area contributed by atoms with Gasteiger partial charge in [-0.25, -0.2) is 0 Å². The summed E-state index contributed by atoms with van der Waals surface area (Å²) in [6.07, 6.45) is 6.11. The molecule has 1 heterocycles. The molecule has 7 heteroatoms. The van der Waals surface area contributed by atoms with Gasteiger partial charge in [-0.15, -0.1) is 0 Å². The van der Waals surface area contributed by atoms with Crippen molar-refractivity contribution < 1.29 is 19.5 Å². The summed E-state index contributed by atoms with van der Waals surface area (Å²) in [5.41, 5.74) is 1.34. The lowest BCUT2D eigenvalue weighted by Gasteiger charge is -2.23. The molecule has 0 unspecified atom stereocenters. The normalized spacial score (nSPS) is 19.8. The van der Waals surface area contributed by atoms with Crippen LogP contribution in [0.4, 0.5) is 0 Å². The Bertz CT molecular complexity index is 905. The van der Waals surface area contributed by atoms with Gasteiger partial charge in [0.15, 0.2) is 0 Å². The van der Waals surface area contributed by atoms with E-state index in [9.17, 15) is 19.5 Å². The number of aryl methyl sites for hydroxylation is 1. The molecule has 0 spiro atoms. The summed E-state index contributed by atoms with van der Waals surface area (Å²) in [5, 5.41) is 16.1. The SMILES string of the molecule is CCCC[C@H](NC(=O)c1cccc2ccn(C)c12)C(=O)N[C@H]1CCC[C@H]1C(=O)O. The van der Waals surface area contributed by atoms with Crippen molar-refractivity contribution in [1.29, 1.82) is 0 Å². The predicted octanol–water partition coefficient (Wildman–Crippen LogP) is 2.84. The van der Waals surface area contributed by atoms with Crippen molar-refractivity contribution in [3.05, 3.63) is 36.0 Å². The highest BCUT2D eigenvalue weighted by Crippen LogP contribution is 2.26. The number of carbonyl (C=O) groups is 3. The van der Waals surface area contributed by atoms with Crippen molar-refractivity contribution >= 4 is 28.7 Å². The Morgan fingerprint density at radius 2 is 2.03 bits per heavy atom. The van der Waals surface area contributed by atoms with Crippen LogP contribution in [0.15, 0.2) is 30.5 Å². The molecule has 1 saturated carbocycles. The first kappa shape index (κ1) is 20.9. The van der Waals surface area contributed by atoms with Crippen LogP contribution in [-0.4, -0.2) is 39.5 Å². The maximum Gasteiger partial charge on any atom is 0.308 e. The number of benzene rings is 1. The van der Waals surface area contributed by atoms with E-state index < -0.39 is 17.9 Å². The fourth-order valence-corrected chi connectivity index (χ4v) is 4.16. The second kappa shape index (κ2) is 9.11. The van der Waals surface area contributed by atoms with Crippen LogP contribution in [0, 0.1) is 5.92 Å². The third kappa shape index (κ3) is 4.60. The summed E-state index contributed by atoms with van der Waals surface area (Å²) in [4.78, 5) is 37.3. The van der Waals surface area contributed by atoms with Gasteiger partial charge < -0.3 is 20.3 Å². The number of rotatable bonds is 8. The zero-order valence-corrected chi connectivity index (χ0v) is 17.0. The highest BCUT2D eigenvalue weighted by atomic mass is 16.4. The molecular weight excluding hydrogens is 370 g/mol. The van der Waals surface area contributed by atoms with E-state index in [2.05, 4.69) is 10.6 Å². The van der Waals surface area contributed by atoms with Gasteiger partial charge in [-0.2, -0.15) is 0 Å². The Hall–Kier alpha value is -2.83. The van der Waals surface area contributed by atoms with Gasteiger partial charge in [-0.1, -0.05) is 38.3 Å².